The maximum atomic E-state index is 12.9. The summed E-state index contributed by atoms with van der Waals surface area (Å²) in [6, 6.07) is 8.25. The number of halogens is 3. The van der Waals surface area contributed by atoms with Crippen LogP contribution in [-0.2, 0) is 18.0 Å². The largest absolute Gasteiger partial charge is 0.416 e. The highest BCUT2D eigenvalue weighted by Gasteiger charge is 2.36. The van der Waals surface area contributed by atoms with Crippen molar-refractivity contribution in [1.29, 1.82) is 0 Å². The molecule has 124 valence electrons. The van der Waals surface area contributed by atoms with E-state index in [1.807, 2.05) is 29.9 Å². The molecule has 0 radical (unpaired) electrons. The minimum atomic E-state index is -4.48. The predicted octanol–water partition coefficient (Wildman–Crippen LogP) is 4.45. The molecule has 1 amide bonds. The average molecular weight is 368 g/mol. The van der Waals surface area contributed by atoms with Crippen molar-refractivity contribution in [3.8, 4) is 0 Å². The van der Waals surface area contributed by atoms with Gasteiger partial charge in [0.05, 0.1) is 16.2 Å². The number of thiocarbonyl (C=S) groups is 1. The number of amides is 1. The van der Waals surface area contributed by atoms with Gasteiger partial charge in [-0.1, -0.05) is 30.0 Å². The summed E-state index contributed by atoms with van der Waals surface area (Å²) in [5.74, 6) is -0.425. The third kappa shape index (κ3) is 3.11. The van der Waals surface area contributed by atoms with E-state index >= 15 is 0 Å². The molecule has 0 saturated carbocycles. The minimum Gasteiger partial charge on any atom is -0.351 e. The Kier molecular flexibility index (Phi) is 4.27. The van der Waals surface area contributed by atoms with Crippen LogP contribution in [0.2, 0.25) is 0 Å². The number of benzene rings is 1. The highest BCUT2D eigenvalue weighted by Crippen LogP contribution is 2.38. The van der Waals surface area contributed by atoms with Crippen LogP contribution in [-0.4, -0.2) is 14.8 Å². The maximum absolute atomic E-state index is 12.9. The van der Waals surface area contributed by atoms with Gasteiger partial charge < -0.3 is 4.57 Å². The van der Waals surface area contributed by atoms with Crippen LogP contribution in [0.25, 0.3) is 6.08 Å². The molecule has 2 heterocycles. The molecule has 0 unspecified atom stereocenters. The van der Waals surface area contributed by atoms with Crippen molar-refractivity contribution in [2.45, 2.75) is 6.18 Å². The Labute approximate surface area is 145 Å². The predicted molar refractivity (Wildman–Crippen MR) is 92.5 cm³/mol. The number of carbonyl (C=O) groups is 1. The molecule has 24 heavy (non-hydrogen) atoms. The third-order valence-electron chi connectivity index (χ3n) is 3.49. The highest BCUT2D eigenvalue weighted by atomic mass is 32.2. The van der Waals surface area contributed by atoms with Gasteiger partial charge in [0.1, 0.15) is 0 Å². The summed E-state index contributed by atoms with van der Waals surface area (Å²) < 4.78 is 40.6. The number of carbonyl (C=O) groups excluding carboxylic acids is 1. The Balaban J connectivity index is 1.96. The fraction of sp³-hybridized carbons (Fsp3) is 0.125. The number of aromatic nitrogens is 1. The summed E-state index contributed by atoms with van der Waals surface area (Å²) in [6.07, 6.45) is -0.971. The molecule has 0 spiro atoms. The molecule has 1 saturated heterocycles. The first-order valence-corrected chi connectivity index (χ1v) is 8.06. The van der Waals surface area contributed by atoms with E-state index in [4.69, 9.17) is 12.2 Å². The second-order valence-electron chi connectivity index (χ2n) is 5.11. The molecule has 0 aliphatic carbocycles. The minimum absolute atomic E-state index is 0.114. The molecule has 8 heteroatoms. The smallest absolute Gasteiger partial charge is 0.351 e. The fourth-order valence-electron chi connectivity index (χ4n) is 2.27. The first-order chi connectivity index (χ1) is 11.3. The second kappa shape index (κ2) is 6.10. The second-order valence-corrected chi connectivity index (χ2v) is 6.78. The number of aryl methyl sites for hydroxylation is 1. The van der Waals surface area contributed by atoms with Crippen molar-refractivity contribution in [2.75, 3.05) is 4.90 Å². The van der Waals surface area contributed by atoms with Crippen LogP contribution in [0.5, 0.6) is 0 Å². The number of thioether (sulfide) groups is 1. The lowest BCUT2D eigenvalue weighted by Crippen LogP contribution is -2.27. The van der Waals surface area contributed by atoms with Gasteiger partial charge in [0.25, 0.3) is 5.91 Å². The number of alkyl halides is 3. The molecule has 1 aromatic carbocycles. The Morgan fingerprint density at radius 2 is 1.96 bits per heavy atom. The van der Waals surface area contributed by atoms with Crippen molar-refractivity contribution in [3.63, 3.8) is 0 Å². The molecule has 0 N–H and O–H groups in total. The SMILES string of the molecule is Cn1cccc1C=C1SC(=S)N(c2cccc(C(F)(F)F)c2)C1=O. The lowest BCUT2D eigenvalue weighted by molar-refractivity contribution is -0.137. The van der Waals surface area contributed by atoms with Crippen LogP contribution in [0.3, 0.4) is 0 Å². The molecule has 1 aliphatic rings. The van der Waals surface area contributed by atoms with Crippen molar-refractivity contribution >= 4 is 46.0 Å². The summed E-state index contributed by atoms with van der Waals surface area (Å²) >= 11 is 6.25. The van der Waals surface area contributed by atoms with Crippen LogP contribution >= 0.6 is 24.0 Å². The van der Waals surface area contributed by atoms with E-state index in [1.54, 1.807) is 6.08 Å². The number of anilines is 1. The summed E-state index contributed by atoms with van der Waals surface area (Å²) in [7, 11) is 1.83. The molecular weight excluding hydrogens is 357 g/mol. The van der Waals surface area contributed by atoms with Gasteiger partial charge in [-0.25, -0.2) is 0 Å². The lowest BCUT2D eigenvalue weighted by atomic mass is 10.2. The number of nitrogens with zero attached hydrogens (tertiary/aromatic N) is 2. The Bertz CT molecular complexity index is 855. The standard InChI is InChI=1S/C16H11F3N2OS2/c1-20-7-3-6-11(20)9-13-14(22)21(15(23)24-13)12-5-2-4-10(8-12)16(17,18)19/h2-9H,1H3. The van der Waals surface area contributed by atoms with Gasteiger partial charge >= 0.3 is 6.18 Å². The van der Waals surface area contributed by atoms with Crippen molar-refractivity contribution in [1.82, 2.24) is 4.57 Å². The summed E-state index contributed by atoms with van der Waals surface area (Å²) in [5, 5.41) is 0. The number of hydrogen-bond acceptors (Lipinski definition) is 3. The van der Waals surface area contributed by atoms with Crippen LogP contribution in [0.1, 0.15) is 11.3 Å². The van der Waals surface area contributed by atoms with Gasteiger partial charge in [-0.2, -0.15) is 13.2 Å². The number of hydrogen-bond donors (Lipinski definition) is 0. The molecule has 1 fully saturated rings. The molecule has 0 atom stereocenters. The van der Waals surface area contributed by atoms with E-state index in [2.05, 4.69) is 0 Å². The van der Waals surface area contributed by atoms with Gasteiger partial charge in [-0.15, -0.1) is 0 Å². The average Bonchev–Trinajstić information content (AvgIpc) is 3.03. The Morgan fingerprint density at radius 1 is 1.21 bits per heavy atom. The zero-order valence-corrected chi connectivity index (χ0v) is 14.0. The maximum Gasteiger partial charge on any atom is 0.416 e. The monoisotopic (exact) mass is 368 g/mol. The van der Waals surface area contributed by atoms with Crippen LogP contribution in [0.15, 0.2) is 47.5 Å². The van der Waals surface area contributed by atoms with Crippen molar-refractivity contribution in [3.05, 3.63) is 58.8 Å². The highest BCUT2D eigenvalue weighted by molar-refractivity contribution is 8.27. The van der Waals surface area contributed by atoms with Crippen molar-refractivity contribution < 1.29 is 18.0 Å². The zero-order chi connectivity index (χ0) is 17.5. The summed E-state index contributed by atoms with van der Waals surface area (Å²) in [6.45, 7) is 0. The quantitative estimate of drug-likeness (QED) is 0.578. The molecule has 1 aliphatic heterocycles. The third-order valence-corrected chi connectivity index (χ3v) is 4.79. The van der Waals surface area contributed by atoms with Crippen LogP contribution in [0.4, 0.5) is 18.9 Å². The lowest BCUT2D eigenvalue weighted by Gasteiger charge is -2.16. The van der Waals surface area contributed by atoms with E-state index < -0.39 is 17.6 Å². The zero-order valence-electron chi connectivity index (χ0n) is 12.4. The van der Waals surface area contributed by atoms with Gasteiger partial charge in [-0.05, 0) is 36.4 Å². The summed E-state index contributed by atoms with van der Waals surface area (Å²) in [5.41, 5.74) is 0.0996. The Hall–Kier alpha value is -2.06. The van der Waals surface area contributed by atoms with Gasteiger partial charge in [0.15, 0.2) is 4.32 Å². The summed E-state index contributed by atoms with van der Waals surface area (Å²) in [4.78, 5) is 14.1. The topological polar surface area (TPSA) is 25.2 Å². The van der Waals surface area contributed by atoms with E-state index in [-0.39, 0.29) is 10.0 Å². The van der Waals surface area contributed by atoms with E-state index in [1.165, 1.54) is 12.1 Å². The Morgan fingerprint density at radius 3 is 2.58 bits per heavy atom. The van der Waals surface area contributed by atoms with Crippen molar-refractivity contribution in [2.24, 2.45) is 7.05 Å². The fourth-order valence-corrected chi connectivity index (χ4v) is 3.55. The van der Waals surface area contributed by atoms with Gasteiger partial charge in [0, 0.05) is 18.9 Å². The first-order valence-electron chi connectivity index (χ1n) is 6.84. The van der Waals surface area contributed by atoms with E-state index in [0.717, 1.165) is 34.5 Å². The van der Waals surface area contributed by atoms with Gasteiger partial charge in [0.2, 0.25) is 0 Å². The first kappa shape index (κ1) is 16.8. The normalized spacial score (nSPS) is 17.2. The van der Waals surface area contributed by atoms with Gasteiger partial charge in [-0.3, -0.25) is 9.69 Å². The van der Waals surface area contributed by atoms with Crippen LogP contribution in [0, 0.1) is 0 Å². The molecule has 2 aromatic rings. The van der Waals surface area contributed by atoms with Crippen LogP contribution < -0.4 is 4.90 Å². The molecule has 3 nitrogen and oxygen atoms in total. The molecule has 0 bridgehead atoms. The molecule has 1 aromatic heterocycles. The van der Waals surface area contributed by atoms with E-state index in [0.29, 0.717) is 4.91 Å². The van der Waals surface area contributed by atoms with E-state index in [9.17, 15) is 18.0 Å². The molecular formula is C16H11F3N2OS2. The number of rotatable bonds is 2. The molecule has 3 rings (SSSR count).